The zero-order chi connectivity index (χ0) is 20.4. The molecule has 0 bridgehead atoms. The fraction of sp³-hybridized carbons (Fsp3) is 0.381. The lowest BCUT2D eigenvalue weighted by molar-refractivity contribution is -0.116. The van der Waals surface area contributed by atoms with Crippen molar-refractivity contribution in [1.82, 2.24) is 14.9 Å². The van der Waals surface area contributed by atoms with Gasteiger partial charge in [0.1, 0.15) is 18.0 Å². The van der Waals surface area contributed by atoms with Crippen molar-refractivity contribution < 1.29 is 14.4 Å². The van der Waals surface area contributed by atoms with Gasteiger partial charge in [0.05, 0.1) is 11.1 Å². The molecule has 0 radical (unpaired) electrons. The van der Waals surface area contributed by atoms with E-state index in [9.17, 15) is 14.4 Å². The average molecular weight is 393 g/mol. The first-order valence-corrected chi connectivity index (χ1v) is 9.85. The van der Waals surface area contributed by atoms with Gasteiger partial charge in [0.2, 0.25) is 5.91 Å². The van der Waals surface area contributed by atoms with Gasteiger partial charge in [0.25, 0.3) is 11.8 Å². The van der Waals surface area contributed by atoms with E-state index in [-0.39, 0.29) is 30.7 Å². The van der Waals surface area contributed by atoms with Crippen LogP contribution in [-0.4, -0.2) is 52.2 Å². The molecule has 1 N–H and O–H groups in total. The van der Waals surface area contributed by atoms with E-state index in [4.69, 9.17) is 0 Å². The minimum atomic E-state index is -0.359. The largest absolute Gasteiger partial charge is 0.356 e. The van der Waals surface area contributed by atoms with Gasteiger partial charge in [-0.2, -0.15) is 0 Å². The number of aromatic nitrogens is 2. The van der Waals surface area contributed by atoms with E-state index in [1.165, 1.54) is 6.33 Å². The second-order valence-electron chi connectivity index (χ2n) is 7.54. The van der Waals surface area contributed by atoms with Crippen molar-refractivity contribution >= 4 is 29.4 Å². The maximum Gasteiger partial charge on any atom is 0.261 e. The van der Waals surface area contributed by atoms with Crippen LogP contribution in [0.3, 0.4) is 0 Å². The van der Waals surface area contributed by atoms with Crippen LogP contribution >= 0.6 is 0 Å². The molecule has 0 spiro atoms. The van der Waals surface area contributed by atoms with Gasteiger partial charge in [0, 0.05) is 32.1 Å². The Morgan fingerprint density at radius 3 is 2.41 bits per heavy atom. The number of hydrogen-bond donors (Lipinski definition) is 1. The molecule has 0 atom stereocenters. The lowest BCUT2D eigenvalue weighted by atomic mass is 9.99. The monoisotopic (exact) mass is 393 g/mol. The second kappa shape index (κ2) is 7.98. The number of nitrogens with one attached hydrogen (secondary N) is 1. The molecular formula is C21H23N5O3. The van der Waals surface area contributed by atoms with E-state index in [0.717, 1.165) is 42.6 Å². The van der Waals surface area contributed by atoms with Crippen molar-refractivity contribution in [3.63, 3.8) is 0 Å². The summed E-state index contributed by atoms with van der Waals surface area (Å²) in [5, 5.41) is 2.74. The summed E-state index contributed by atoms with van der Waals surface area (Å²) in [6.45, 7) is 4.15. The molecule has 8 nitrogen and oxygen atoms in total. The van der Waals surface area contributed by atoms with Gasteiger partial charge in [-0.05, 0) is 30.9 Å². The standard InChI is InChI=1S/C21H23N5O3/c1-14-6-9-25(10-7-14)18-12-17(22-13-23-18)24-19(27)8-11-26-20(28)15-4-2-3-5-16(15)21(26)29/h2-5,12-14H,6-11H2,1H3,(H,22,23,24,27). The van der Waals surface area contributed by atoms with Crippen LogP contribution in [0.25, 0.3) is 0 Å². The number of carbonyl (C=O) groups is 3. The predicted octanol–water partition coefficient (Wildman–Crippen LogP) is 2.34. The highest BCUT2D eigenvalue weighted by molar-refractivity contribution is 6.21. The maximum atomic E-state index is 12.4. The molecule has 1 fully saturated rings. The quantitative estimate of drug-likeness (QED) is 0.784. The highest BCUT2D eigenvalue weighted by atomic mass is 16.2. The highest BCUT2D eigenvalue weighted by Crippen LogP contribution is 2.24. The first-order valence-electron chi connectivity index (χ1n) is 9.85. The Morgan fingerprint density at radius 2 is 1.76 bits per heavy atom. The average Bonchev–Trinajstić information content (AvgIpc) is 2.97. The van der Waals surface area contributed by atoms with Crippen LogP contribution < -0.4 is 10.2 Å². The number of rotatable bonds is 5. The number of anilines is 2. The second-order valence-corrected chi connectivity index (χ2v) is 7.54. The Morgan fingerprint density at radius 1 is 1.10 bits per heavy atom. The molecule has 2 aliphatic rings. The van der Waals surface area contributed by atoms with Crippen molar-refractivity contribution in [3.05, 3.63) is 47.8 Å². The molecule has 2 aliphatic heterocycles. The number of hydrogen-bond acceptors (Lipinski definition) is 6. The van der Waals surface area contributed by atoms with E-state index in [0.29, 0.717) is 16.9 Å². The lowest BCUT2D eigenvalue weighted by Crippen LogP contribution is -2.34. The predicted molar refractivity (Wildman–Crippen MR) is 108 cm³/mol. The van der Waals surface area contributed by atoms with Gasteiger partial charge in [-0.3, -0.25) is 19.3 Å². The van der Waals surface area contributed by atoms with Crippen molar-refractivity contribution in [1.29, 1.82) is 0 Å². The molecule has 1 aromatic carbocycles. The number of imide groups is 1. The van der Waals surface area contributed by atoms with Gasteiger partial charge >= 0.3 is 0 Å². The molecule has 2 aromatic rings. The Hall–Kier alpha value is -3.29. The van der Waals surface area contributed by atoms with Gasteiger partial charge in [-0.25, -0.2) is 9.97 Å². The molecule has 3 heterocycles. The summed E-state index contributed by atoms with van der Waals surface area (Å²) >= 11 is 0. The summed E-state index contributed by atoms with van der Waals surface area (Å²) in [6.07, 6.45) is 3.68. The summed E-state index contributed by atoms with van der Waals surface area (Å²) in [7, 11) is 0. The van der Waals surface area contributed by atoms with Crippen molar-refractivity contribution in [3.8, 4) is 0 Å². The van der Waals surface area contributed by atoms with E-state index >= 15 is 0 Å². The number of fused-ring (bicyclic) bond motifs is 1. The van der Waals surface area contributed by atoms with Crippen LogP contribution in [0.4, 0.5) is 11.6 Å². The molecule has 3 amide bonds. The Balaban J connectivity index is 1.34. The van der Waals surface area contributed by atoms with Crippen molar-refractivity contribution in [2.45, 2.75) is 26.2 Å². The summed E-state index contributed by atoms with van der Waals surface area (Å²) < 4.78 is 0. The summed E-state index contributed by atoms with van der Waals surface area (Å²) in [6, 6.07) is 8.44. The normalized spacial score (nSPS) is 16.9. The van der Waals surface area contributed by atoms with Crippen molar-refractivity contribution in [2.75, 3.05) is 29.9 Å². The zero-order valence-electron chi connectivity index (χ0n) is 16.3. The number of piperidine rings is 1. The summed E-state index contributed by atoms with van der Waals surface area (Å²) in [5.41, 5.74) is 0.767. The van der Waals surface area contributed by atoms with Crippen LogP contribution in [0.1, 0.15) is 46.9 Å². The Kier molecular flexibility index (Phi) is 5.24. The lowest BCUT2D eigenvalue weighted by Gasteiger charge is -2.31. The molecule has 0 aliphatic carbocycles. The van der Waals surface area contributed by atoms with Crippen LogP contribution in [0.5, 0.6) is 0 Å². The SMILES string of the molecule is CC1CCN(c2cc(NC(=O)CCN3C(=O)c4ccccc4C3=O)ncn2)CC1. The highest BCUT2D eigenvalue weighted by Gasteiger charge is 2.35. The van der Waals surface area contributed by atoms with Gasteiger partial charge in [-0.1, -0.05) is 19.1 Å². The Bertz CT molecular complexity index is 918. The van der Waals surface area contributed by atoms with Gasteiger partial charge in [-0.15, -0.1) is 0 Å². The first-order chi connectivity index (χ1) is 14.0. The fourth-order valence-corrected chi connectivity index (χ4v) is 3.69. The molecule has 4 rings (SSSR count). The van der Waals surface area contributed by atoms with Crippen LogP contribution in [0.2, 0.25) is 0 Å². The van der Waals surface area contributed by atoms with Crippen LogP contribution in [0.15, 0.2) is 36.7 Å². The van der Waals surface area contributed by atoms with Crippen LogP contribution in [-0.2, 0) is 4.79 Å². The number of amides is 3. The van der Waals surface area contributed by atoms with E-state index in [1.807, 2.05) is 0 Å². The number of nitrogens with zero attached hydrogens (tertiary/aromatic N) is 4. The number of benzene rings is 1. The van der Waals surface area contributed by atoms with Gasteiger partial charge in [0.15, 0.2) is 0 Å². The smallest absolute Gasteiger partial charge is 0.261 e. The van der Waals surface area contributed by atoms with Crippen molar-refractivity contribution in [2.24, 2.45) is 5.92 Å². The molecule has 8 heteroatoms. The molecular weight excluding hydrogens is 370 g/mol. The fourth-order valence-electron chi connectivity index (χ4n) is 3.69. The molecule has 150 valence electrons. The molecule has 1 saturated heterocycles. The third kappa shape index (κ3) is 3.96. The topological polar surface area (TPSA) is 95.5 Å². The molecule has 0 unspecified atom stereocenters. The number of carbonyl (C=O) groups excluding carboxylic acids is 3. The minimum Gasteiger partial charge on any atom is -0.356 e. The first kappa shape index (κ1) is 19.0. The maximum absolute atomic E-state index is 12.4. The Labute approximate surface area is 168 Å². The third-order valence-corrected chi connectivity index (χ3v) is 5.47. The van der Waals surface area contributed by atoms with E-state index in [2.05, 4.69) is 27.1 Å². The van der Waals surface area contributed by atoms with Crippen LogP contribution in [0, 0.1) is 5.92 Å². The summed E-state index contributed by atoms with van der Waals surface area (Å²) in [5.74, 6) is 0.903. The van der Waals surface area contributed by atoms with E-state index in [1.54, 1.807) is 30.3 Å². The summed E-state index contributed by atoms with van der Waals surface area (Å²) in [4.78, 5) is 48.8. The van der Waals surface area contributed by atoms with E-state index < -0.39 is 0 Å². The molecule has 0 saturated carbocycles. The third-order valence-electron chi connectivity index (χ3n) is 5.47. The minimum absolute atomic E-state index is 0.00599. The molecule has 29 heavy (non-hydrogen) atoms. The van der Waals surface area contributed by atoms with Gasteiger partial charge < -0.3 is 10.2 Å². The zero-order valence-corrected chi connectivity index (χ0v) is 16.3. The molecule has 1 aromatic heterocycles.